The third-order valence-corrected chi connectivity index (χ3v) is 5.94. The van der Waals surface area contributed by atoms with Gasteiger partial charge in [0, 0.05) is 24.5 Å². The molecule has 0 aromatic carbocycles. The predicted octanol–water partition coefficient (Wildman–Crippen LogP) is 3.18. The Morgan fingerprint density at radius 1 is 1.00 bits per heavy atom. The van der Waals surface area contributed by atoms with E-state index in [1.54, 1.807) is 11.3 Å². The van der Waals surface area contributed by atoms with Crippen LogP contribution < -0.4 is 0 Å². The van der Waals surface area contributed by atoms with Crippen molar-refractivity contribution in [2.24, 2.45) is 0 Å². The molecular formula is C17H26N2OS. The summed E-state index contributed by atoms with van der Waals surface area (Å²) in [7, 11) is 2.14. The third-order valence-electron chi connectivity index (χ3n) is 4.71. The molecular weight excluding hydrogens is 280 g/mol. The maximum absolute atomic E-state index is 12.8. The highest BCUT2D eigenvalue weighted by Crippen LogP contribution is 2.29. The van der Waals surface area contributed by atoms with Crippen LogP contribution in [-0.4, -0.2) is 48.9 Å². The van der Waals surface area contributed by atoms with Crippen molar-refractivity contribution >= 4 is 17.2 Å². The molecule has 1 aliphatic carbocycles. The number of thiophene rings is 1. The van der Waals surface area contributed by atoms with Crippen molar-refractivity contribution in [2.75, 3.05) is 33.2 Å². The van der Waals surface area contributed by atoms with Gasteiger partial charge in [-0.2, -0.15) is 0 Å². The van der Waals surface area contributed by atoms with Crippen LogP contribution in [0.2, 0.25) is 0 Å². The number of carbonyl (C=O) groups excluding carboxylic acids is 1. The van der Waals surface area contributed by atoms with E-state index in [0.717, 1.165) is 37.5 Å². The number of hydrogen-bond acceptors (Lipinski definition) is 3. The Bertz CT molecular complexity index is 471. The second kappa shape index (κ2) is 6.93. The first kappa shape index (κ1) is 15.0. The molecule has 21 heavy (non-hydrogen) atoms. The minimum Gasteiger partial charge on any atom is -0.337 e. The zero-order chi connectivity index (χ0) is 14.7. The summed E-state index contributed by atoms with van der Waals surface area (Å²) < 4.78 is 0. The van der Waals surface area contributed by atoms with Crippen molar-refractivity contribution < 1.29 is 4.79 Å². The maximum atomic E-state index is 12.8. The normalized spacial score (nSPS) is 21.3. The average molecular weight is 306 g/mol. The van der Waals surface area contributed by atoms with Crippen LogP contribution in [0.1, 0.15) is 52.2 Å². The van der Waals surface area contributed by atoms with E-state index < -0.39 is 0 Å². The Morgan fingerprint density at radius 2 is 1.81 bits per heavy atom. The molecule has 0 unspecified atom stereocenters. The van der Waals surface area contributed by atoms with Gasteiger partial charge < -0.3 is 9.80 Å². The SMILES string of the molecule is CN1CCCN(C(=O)c2cc3c(s2)CCCCCC3)CC1. The van der Waals surface area contributed by atoms with E-state index in [2.05, 4.69) is 22.9 Å². The summed E-state index contributed by atoms with van der Waals surface area (Å²) in [4.78, 5) is 19.6. The van der Waals surface area contributed by atoms with Crippen LogP contribution in [0.5, 0.6) is 0 Å². The molecule has 0 spiro atoms. The van der Waals surface area contributed by atoms with Gasteiger partial charge in [0.05, 0.1) is 4.88 Å². The van der Waals surface area contributed by atoms with Gasteiger partial charge in [-0.3, -0.25) is 4.79 Å². The fourth-order valence-corrected chi connectivity index (χ4v) is 4.58. The smallest absolute Gasteiger partial charge is 0.263 e. The standard InChI is InChI=1S/C17H26N2OS/c1-18-9-6-10-19(12-11-18)17(20)16-13-14-7-4-2-3-5-8-15(14)21-16/h13H,2-12H2,1H3. The zero-order valence-electron chi connectivity index (χ0n) is 13.1. The number of fused-ring (bicyclic) bond motifs is 1. The molecule has 0 bridgehead atoms. The minimum atomic E-state index is 0.266. The van der Waals surface area contributed by atoms with Crippen molar-refractivity contribution in [2.45, 2.75) is 44.9 Å². The number of nitrogens with zero attached hydrogens (tertiary/aromatic N) is 2. The molecule has 1 amide bonds. The lowest BCUT2D eigenvalue weighted by Gasteiger charge is -2.19. The maximum Gasteiger partial charge on any atom is 0.263 e. The number of hydrogen-bond donors (Lipinski definition) is 0. The highest BCUT2D eigenvalue weighted by molar-refractivity contribution is 7.14. The number of carbonyl (C=O) groups is 1. The Kier molecular flexibility index (Phi) is 4.96. The van der Waals surface area contributed by atoms with Crippen LogP contribution in [0.15, 0.2) is 6.07 Å². The van der Waals surface area contributed by atoms with Crippen molar-refractivity contribution in [3.05, 3.63) is 21.4 Å². The van der Waals surface area contributed by atoms with E-state index in [1.165, 1.54) is 49.0 Å². The second-order valence-corrected chi connectivity index (χ2v) is 7.56. The average Bonchev–Trinajstić information content (AvgIpc) is 2.70. The van der Waals surface area contributed by atoms with Gasteiger partial charge in [-0.25, -0.2) is 0 Å². The molecule has 0 saturated carbocycles. The molecule has 3 nitrogen and oxygen atoms in total. The van der Waals surface area contributed by atoms with Crippen LogP contribution in [0.25, 0.3) is 0 Å². The largest absolute Gasteiger partial charge is 0.337 e. The van der Waals surface area contributed by atoms with Gasteiger partial charge in [0.25, 0.3) is 5.91 Å². The molecule has 0 atom stereocenters. The van der Waals surface area contributed by atoms with Crippen LogP contribution in [0.3, 0.4) is 0 Å². The molecule has 4 heteroatoms. The summed E-state index contributed by atoms with van der Waals surface area (Å²) in [5, 5.41) is 0. The van der Waals surface area contributed by atoms with E-state index in [0.29, 0.717) is 0 Å². The Labute approximate surface area is 131 Å². The summed E-state index contributed by atoms with van der Waals surface area (Å²) in [5.74, 6) is 0.266. The molecule has 1 aromatic heterocycles. The molecule has 1 aliphatic heterocycles. The van der Waals surface area contributed by atoms with Crippen LogP contribution >= 0.6 is 11.3 Å². The Balaban J connectivity index is 1.73. The number of aryl methyl sites for hydroxylation is 2. The lowest BCUT2D eigenvalue weighted by molar-refractivity contribution is 0.0767. The Morgan fingerprint density at radius 3 is 2.67 bits per heavy atom. The zero-order valence-corrected chi connectivity index (χ0v) is 13.9. The summed E-state index contributed by atoms with van der Waals surface area (Å²) in [6, 6.07) is 2.20. The number of rotatable bonds is 1. The fourth-order valence-electron chi connectivity index (χ4n) is 3.36. The Hall–Kier alpha value is -0.870. The first-order chi connectivity index (χ1) is 10.2. The van der Waals surface area contributed by atoms with Gasteiger partial charge in [-0.15, -0.1) is 11.3 Å². The second-order valence-electron chi connectivity index (χ2n) is 6.42. The van der Waals surface area contributed by atoms with Crippen molar-refractivity contribution in [3.63, 3.8) is 0 Å². The van der Waals surface area contributed by atoms with E-state index in [-0.39, 0.29) is 5.91 Å². The van der Waals surface area contributed by atoms with Gasteiger partial charge in [-0.05, 0) is 57.3 Å². The topological polar surface area (TPSA) is 23.6 Å². The summed E-state index contributed by atoms with van der Waals surface area (Å²) in [5.41, 5.74) is 1.45. The highest BCUT2D eigenvalue weighted by Gasteiger charge is 2.22. The molecule has 2 aliphatic rings. The molecule has 0 radical (unpaired) electrons. The van der Waals surface area contributed by atoms with Crippen LogP contribution in [0, 0.1) is 0 Å². The molecule has 0 N–H and O–H groups in total. The highest BCUT2D eigenvalue weighted by atomic mass is 32.1. The van der Waals surface area contributed by atoms with E-state index >= 15 is 0 Å². The summed E-state index contributed by atoms with van der Waals surface area (Å²) in [6.07, 6.45) is 8.70. The van der Waals surface area contributed by atoms with Gasteiger partial charge >= 0.3 is 0 Å². The van der Waals surface area contributed by atoms with Gasteiger partial charge in [-0.1, -0.05) is 12.8 Å². The number of likely N-dealkylation sites (N-methyl/N-ethyl adjacent to an activating group) is 1. The van der Waals surface area contributed by atoms with Crippen LogP contribution in [0.4, 0.5) is 0 Å². The monoisotopic (exact) mass is 306 g/mol. The lowest BCUT2D eigenvalue weighted by atomic mass is 10.00. The quantitative estimate of drug-likeness (QED) is 0.795. The van der Waals surface area contributed by atoms with Gasteiger partial charge in [0.2, 0.25) is 0 Å². The third kappa shape index (κ3) is 3.67. The fraction of sp³-hybridized carbons (Fsp3) is 0.706. The molecule has 2 heterocycles. The minimum absolute atomic E-state index is 0.266. The van der Waals surface area contributed by atoms with Crippen LogP contribution in [-0.2, 0) is 12.8 Å². The van der Waals surface area contributed by atoms with E-state index in [9.17, 15) is 4.79 Å². The first-order valence-electron chi connectivity index (χ1n) is 8.33. The summed E-state index contributed by atoms with van der Waals surface area (Å²) in [6.45, 7) is 3.88. The van der Waals surface area contributed by atoms with Gasteiger partial charge in [0.15, 0.2) is 0 Å². The molecule has 3 rings (SSSR count). The summed E-state index contributed by atoms with van der Waals surface area (Å²) >= 11 is 1.76. The molecule has 1 saturated heterocycles. The van der Waals surface area contributed by atoms with E-state index in [1.807, 2.05) is 0 Å². The van der Waals surface area contributed by atoms with Crippen molar-refractivity contribution in [3.8, 4) is 0 Å². The molecule has 116 valence electrons. The van der Waals surface area contributed by atoms with Gasteiger partial charge in [0.1, 0.15) is 0 Å². The number of amides is 1. The lowest BCUT2D eigenvalue weighted by Crippen LogP contribution is -2.34. The van der Waals surface area contributed by atoms with Crippen molar-refractivity contribution in [1.29, 1.82) is 0 Å². The predicted molar refractivity (Wildman–Crippen MR) is 88.2 cm³/mol. The molecule has 1 aromatic rings. The first-order valence-corrected chi connectivity index (χ1v) is 9.15. The van der Waals surface area contributed by atoms with E-state index in [4.69, 9.17) is 0 Å². The van der Waals surface area contributed by atoms with Crippen molar-refractivity contribution in [1.82, 2.24) is 9.80 Å². The molecule has 1 fully saturated rings.